The average molecular weight is 302 g/mol. The van der Waals surface area contributed by atoms with E-state index in [1.165, 1.54) is 7.11 Å². The van der Waals surface area contributed by atoms with E-state index in [1.54, 1.807) is 18.2 Å². The van der Waals surface area contributed by atoms with E-state index in [2.05, 4.69) is 11.8 Å². The summed E-state index contributed by atoms with van der Waals surface area (Å²) in [5.41, 5.74) is 1.33. The number of aliphatic hydroxyl groups is 1. The molecule has 0 amide bonds. The maximum Gasteiger partial charge on any atom is 0.391 e. The molecule has 1 aromatic carbocycles. The van der Waals surface area contributed by atoms with E-state index in [1.807, 2.05) is 0 Å². The van der Waals surface area contributed by atoms with Gasteiger partial charge in [-0.1, -0.05) is 11.8 Å². The molecular weight excluding hydrogens is 285 g/mol. The number of ether oxygens (including phenoxy) is 2. The Balaban J connectivity index is 2.66. The van der Waals surface area contributed by atoms with Crippen molar-refractivity contribution in [1.29, 1.82) is 0 Å². The van der Waals surface area contributed by atoms with Crippen molar-refractivity contribution in [1.82, 2.24) is 0 Å². The molecule has 1 N–H and O–H groups in total. The van der Waals surface area contributed by atoms with Crippen LogP contribution in [0.4, 0.5) is 13.2 Å². The SMILES string of the molecule is COc1ccc(C#CCCO)cc1COCCC(F)(F)F. The van der Waals surface area contributed by atoms with E-state index in [9.17, 15) is 13.2 Å². The molecule has 0 fully saturated rings. The summed E-state index contributed by atoms with van der Waals surface area (Å²) in [4.78, 5) is 0. The second-order valence-corrected chi connectivity index (χ2v) is 4.22. The zero-order valence-electron chi connectivity index (χ0n) is 11.7. The first-order valence-corrected chi connectivity index (χ1v) is 6.37. The van der Waals surface area contributed by atoms with Crippen molar-refractivity contribution in [2.45, 2.75) is 25.6 Å². The van der Waals surface area contributed by atoms with Gasteiger partial charge in [0, 0.05) is 17.5 Å². The summed E-state index contributed by atoms with van der Waals surface area (Å²) in [6.45, 7) is -0.390. The zero-order chi connectivity index (χ0) is 15.7. The van der Waals surface area contributed by atoms with Gasteiger partial charge in [-0.3, -0.25) is 0 Å². The Bertz CT molecular complexity index is 501. The Labute approximate surface area is 121 Å². The Morgan fingerprint density at radius 2 is 2.05 bits per heavy atom. The molecule has 0 saturated heterocycles. The quantitative estimate of drug-likeness (QED) is 0.648. The third kappa shape index (κ3) is 7.02. The van der Waals surface area contributed by atoms with Crippen molar-refractivity contribution < 1.29 is 27.8 Å². The first-order valence-electron chi connectivity index (χ1n) is 6.37. The molecule has 0 bridgehead atoms. The number of rotatable bonds is 6. The number of aliphatic hydroxyl groups excluding tert-OH is 1. The molecule has 0 aliphatic heterocycles. The van der Waals surface area contributed by atoms with Crippen LogP contribution in [0.1, 0.15) is 24.0 Å². The van der Waals surface area contributed by atoms with Gasteiger partial charge in [0.2, 0.25) is 0 Å². The largest absolute Gasteiger partial charge is 0.496 e. The molecule has 0 radical (unpaired) electrons. The highest BCUT2D eigenvalue weighted by molar-refractivity contribution is 5.44. The van der Waals surface area contributed by atoms with Gasteiger partial charge in [0.15, 0.2) is 0 Å². The fraction of sp³-hybridized carbons (Fsp3) is 0.467. The summed E-state index contributed by atoms with van der Waals surface area (Å²) in [5.74, 6) is 6.16. The fourth-order valence-corrected chi connectivity index (χ4v) is 1.56. The number of benzene rings is 1. The summed E-state index contributed by atoms with van der Waals surface area (Å²) < 4.78 is 46.2. The number of halogens is 3. The second kappa shape index (κ2) is 8.55. The van der Waals surface area contributed by atoms with E-state index in [0.29, 0.717) is 23.3 Å². The highest BCUT2D eigenvalue weighted by atomic mass is 19.4. The first-order chi connectivity index (χ1) is 9.96. The number of hydrogen-bond acceptors (Lipinski definition) is 3. The Morgan fingerprint density at radius 3 is 2.67 bits per heavy atom. The molecule has 0 aromatic heterocycles. The summed E-state index contributed by atoms with van der Waals surface area (Å²) >= 11 is 0. The predicted molar refractivity (Wildman–Crippen MR) is 71.9 cm³/mol. The van der Waals surface area contributed by atoms with Crippen LogP contribution in [0.15, 0.2) is 18.2 Å². The Morgan fingerprint density at radius 1 is 1.29 bits per heavy atom. The molecule has 3 nitrogen and oxygen atoms in total. The van der Waals surface area contributed by atoms with Crippen molar-refractivity contribution in [2.24, 2.45) is 0 Å². The van der Waals surface area contributed by atoms with Gasteiger partial charge in [-0.2, -0.15) is 13.2 Å². The van der Waals surface area contributed by atoms with E-state index in [0.717, 1.165) is 0 Å². The van der Waals surface area contributed by atoms with E-state index in [-0.39, 0.29) is 13.2 Å². The van der Waals surface area contributed by atoms with Crippen LogP contribution in [-0.4, -0.2) is 31.6 Å². The molecule has 116 valence electrons. The van der Waals surface area contributed by atoms with Crippen molar-refractivity contribution in [2.75, 3.05) is 20.3 Å². The molecule has 6 heteroatoms. The summed E-state index contributed by atoms with van der Waals surface area (Å²) in [7, 11) is 1.48. The topological polar surface area (TPSA) is 38.7 Å². The van der Waals surface area contributed by atoms with Crippen LogP contribution >= 0.6 is 0 Å². The van der Waals surface area contributed by atoms with Gasteiger partial charge in [0.05, 0.1) is 33.4 Å². The molecule has 0 atom stereocenters. The molecule has 1 rings (SSSR count). The third-order valence-corrected chi connectivity index (χ3v) is 2.54. The maximum absolute atomic E-state index is 12.0. The van der Waals surface area contributed by atoms with Crippen molar-refractivity contribution in [3.63, 3.8) is 0 Å². The smallest absolute Gasteiger partial charge is 0.391 e. The lowest BCUT2D eigenvalue weighted by atomic mass is 10.1. The molecule has 0 spiro atoms. The third-order valence-electron chi connectivity index (χ3n) is 2.54. The van der Waals surface area contributed by atoms with Gasteiger partial charge < -0.3 is 14.6 Å². The minimum absolute atomic E-state index is 0.0173. The van der Waals surface area contributed by atoms with Crippen LogP contribution in [-0.2, 0) is 11.3 Å². The molecule has 0 aliphatic carbocycles. The van der Waals surface area contributed by atoms with E-state index >= 15 is 0 Å². The van der Waals surface area contributed by atoms with Crippen LogP contribution in [0.25, 0.3) is 0 Å². The molecule has 0 heterocycles. The van der Waals surface area contributed by atoms with Gasteiger partial charge in [-0.25, -0.2) is 0 Å². The second-order valence-electron chi connectivity index (χ2n) is 4.22. The summed E-state index contributed by atoms with van der Waals surface area (Å²) in [6, 6.07) is 5.13. The molecule has 21 heavy (non-hydrogen) atoms. The molecule has 0 unspecified atom stereocenters. The van der Waals surface area contributed by atoms with Crippen LogP contribution in [0.5, 0.6) is 5.75 Å². The van der Waals surface area contributed by atoms with Gasteiger partial charge in [-0.05, 0) is 18.2 Å². The van der Waals surface area contributed by atoms with Crippen LogP contribution in [0.2, 0.25) is 0 Å². The monoisotopic (exact) mass is 302 g/mol. The standard InChI is InChI=1S/C15H17F3O3/c1-20-14-6-5-12(4-2-3-8-19)10-13(14)11-21-9-7-15(16,17)18/h5-6,10,19H,3,7-9,11H2,1H3. The normalized spacial score (nSPS) is 10.9. The number of hydrogen-bond donors (Lipinski definition) is 1. The Kier molecular flexibility index (Phi) is 7.06. The summed E-state index contributed by atoms with van der Waals surface area (Å²) in [5, 5.41) is 8.66. The van der Waals surface area contributed by atoms with E-state index < -0.39 is 19.2 Å². The molecular formula is C15H17F3O3. The van der Waals surface area contributed by atoms with Crippen molar-refractivity contribution in [3.8, 4) is 17.6 Å². The first kappa shape index (κ1) is 17.3. The van der Waals surface area contributed by atoms with Crippen LogP contribution in [0, 0.1) is 11.8 Å². The van der Waals surface area contributed by atoms with Crippen molar-refractivity contribution in [3.05, 3.63) is 29.3 Å². The fourth-order valence-electron chi connectivity index (χ4n) is 1.56. The predicted octanol–water partition coefficient (Wildman–Crippen LogP) is 2.90. The zero-order valence-corrected chi connectivity index (χ0v) is 11.7. The minimum atomic E-state index is -4.22. The lowest BCUT2D eigenvalue weighted by molar-refractivity contribution is -0.146. The summed E-state index contributed by atoms with van der Waals surface area (Å²) in [6.07, 6.45) is -4.84. The van der Waals surface area contributed by atoms with Crippen molar-refractivity contribution >= 4 is 0 Å². The number of methoxy groups -OCH3 is 1. The minimum Gasteiger partial charge on any atom is -0.496 e. The van der Waals surface area contributed by atoms with Crippen LogP contribution in [0.3, 0.4) is 0 Å². The highest BCUT2D eigenvalue weighted by Crippen LogP contribution is 2.22. The Hall–Kier alpha value is -1.71. The highest BCUT2D eigenvalue weighted by Gasteiger charge is 2.26. The maximum atomic E-state index is 12.0. The van der Waals surface area contributed by atoms with E-state index in [4.69, 9.17) is 14.6 Å². The average Bonchev–Trinajstić information content (AvgIpc) is 2.43. The molecule has 1 aromatic rings. The lowest BCUT2D eigenvalue weighted by Crippen LogP contribution is -2.11. The number of alkyl halides is 3. The van der Waals surface area contributed by atoms with Crippen LogP contribution < -0.4 is 4.74 Å². The molecule has 0 aliphatic rings. The van der Waals surface area contributed by atoms with Gasteiger partial charge >= 0.3 is 6.18 Å². The van der Waals surface area contributed by atoms with Gasteiger partial charge in [0.1, 0.15) is 5.75 Å². The molecule has 0 saturated carbocycles. The lowest BCUT2D eigenvalue weighted by Gasteiger charge is -2.11. The van der Waals surface area contributed by atoms with Gasteiger partial charge in [-0.15, -0.1) is 0 Å². The van der Waals surface area contributed by atoms with Gasteiger partial charge in [0.25, 0.3) is 0 Å².